The van der Waals surface area contributed by atoms with Crippen molar-refractivity contribution < 1.29 is 18.3 Å². The Morgan fingerprint density at radius 2 is 2.07 bits per heavy atom. The van der Waals surface area contributed by atoms with E-state index in [1.54, 1.807) is 18.2 Å². The number of carboxylic acids is 1. The number of aliphatic carboxylic acids is 1. The zero-order valence-corrected chi connectivity index (χ0v) is 8.70. The Bertz CT molecular complexity index is 504. The molecule has 1 aromatic rings. The SMILES string of the molecule is O=C(O)C[C@H]1CS(=O)(=O)c2ccccc21. The van der Waals surface area contributed by atoms with E-state index in [2.05, 4.69) is 0 Å². The zero-order valence-electron chi connectivity index (χ0n) is 7.88. The standard InChI is InChI=1S/C10H10O4S/c11-10(12)5-7-6-15(13,14)9-4-2-1-3-8(7)9/h1-4,7H,5-6H2,(H,11,12)/t7-/m0/s1. The Morgan fingerprint density at radius 1 is 1.40 bits per heavy atom. The van der Waals surface area contributed by atoms with Crippen LogP contribution in [0.1, 0.15) is 17.9 Å². The summed E-state index contributed by atoms with van der Waals surface area (Å²) in [6, 6.07) is 6.61. The predicted octanol–water partition coefficient (Wildman–Crippen LogP) is 1.03. The van der Waals surface area contributed by atoms with E-state index in [0.717, 1.165) is 0 Å². The molecule has 0 bridgehead atoms. The van der Waals surface area contributed by atoms with Crippen LogP contribution in [-0.4, -0.2) is 25.2 Å². The molecule has 4 nitrogen and oxygen atoms in total. The molecular formula is C10H10O4S. The molecule has 1 aliphatic rings. The van der Waals surface area contributed by atoms with Gasteiger partial charge in [0.15, 0.2) is 9.84 Å². The van der Waals surface area contributed by atoms with Gasteiger partial charge in [0.2, 0.25) is 0 Å². The lowest BCUT2D eigenvalue weighted by Crippen LogP contribution is -2.08. The second-order valence-corrected chi connectivity index (χ2v) is 5.62. The van der Waals surface area contributed by atoms with Crippen LogP contribution in [0.15, 0.2) is 29.2 Å². The van der Waals surface area contributed by atoms with Crippen molar-refractivity contribution in [2.45, 2.75) is 17.2 Å². The summed E-state index contributed by atoms with van der Waals surface area (Å²) in [5.41, 5.74) is 0.639. The largest absolute Gasteiger partial charge is 0.481 e. The first-order valence-electron chi connectivity index (χ1n) is 4.54. The molecule has 0 radical (unpaired) electrons. The number of benzene rings is 1. The Morgan fingerprint density at radius 3 is 2.73 bits per heavy atom. The molecule has 80 valence electrons. The summed E-state index contributed by atoms with van der Waals surface area (Å²) in [7, 11) is -3.26. The van der Waals surface area contributed by atoms with Crippen molar-refractivity contribution >= 4 is 15.8 Å². The fourth-order valence-corrected chi connectivity index (χ4v) is 3.81. The minimum absolute atomic E-state index is 0.0847. The maximum Gasteiger partial charge on any atom is 0.303 e. The molecule has 0 fully saturated rings. The van der Waals surface area contributed by atoms with Gasteiger partial charge in [-0.25, -0.2) is 8.42 Å². The van der Waals surface area contributed by atoms with Crippen LogP contribution in [0.4, 0.5) is 0 Å². The predicted molar refractivity (Wildman–Crippen MR) is 53.5 cm³/mol. The lowest BCUT2D eigenvalue weighted by molar-refractivity contribution is -0.137. The van der Waals surface area contributed by atoms with E-state index in [1.165, 1.54) is 6.07 Å². The highest BCUT2D eigenvalue weighted by atomic mass is 32.2. The first-order chi connectivity index (χ1) is 7.00. The van der Waals surface area contributed by atoms with Crippen molar-refractivity contribution in [3.8, 4) is 0 Å². The monoisotopic (exact) mass is 226 g/mol. The topological polar surface area (TPSA) is 71.4 Å². The first kappa shape index (κ1) is 10.2. The van der Waals surface area contributed by atoms with E-state index >= 15 is 0 Å². The summed E-state index contributed by atoms with van der Waals surface area (Å²) in [4.78, 5) is 10.9. The van der Waals surface area contributed by atoms with Gasteiger partial charge in [0.25, 0.3) is 0 Å². The van der Waals surface area contributed by atoms with Crippen LogP contribution in [0.25, 0.3) is 0 Å². The van der Waals surface area contributed by atoms with Gasteiger partial charge in [0.05, 0.1) is 17.1 Å². The molecule has 1 N–H and O–H groups in total. The lowest BCUT2D eigenvalue weighted by Gasteiger charge is -2.04. The van der Waals surface area contributed by atoms with Gasteiger partial charge in [-0.3, -0.25) is 4.79 Å². The summed E-state index contributed by atoms with van der Waals surface area (Å²) >= 11 is 0. The quantitative estimate of drug-likeness (QED) is 0.817. The molecule has 15 heavy (non-hydrogen) atoms. The Labute approximate surface area is 87.5 Å². The maximum atomic E-state index is 11.7. The average Bonchev–Trinajstić information content (AvgIpc) is 2.39. The summed E-state index contributed by atoms with van der Waals surface area (Å²) in [6.07, 6.45) is -0.129. The van der Waals surface area contributed by atoms with Gasteiger partial charge in [0.1, 0.15) is 0 Å². The highest BCUT2D eigenvalue weighted by Crippen LogP contribution is 2.36. The first-order valence-corrected chi connectivity index (χ1v) is 6.19. The summed E-state index contributed by atoms with van der Waals surface area (Å²) in [5, 5.41) is 8.67. The van der Waals surface area contributed by atoms with E-state index in [-0.39, 0.29) is 17.1 Å². The van der Waals surface area contributed by atoms with Crippen LogP contribution in [0.3, 0.4) is 0 Å². The van der Waals surface area contributed by atoms with E-state index in [0.29, 0.717) is 5.56 Å². The number of hydrogen-bond donors (Lipinski definition) is 1. The molecule has 0 spiro atoms. The number of carboxylic acid groups (broad SMARTS) is 1. The van der Waals surface area contributed by atoms with Gasteiger partial charge in [-0.15, -0.1) is 0 Å². The Kier molecular flexibility index (Phi) is 2.26. The molecule has 0 aromatic heterocycles. The Balaban J connectivity index is 2.47. The molecular weight excluding hydrogens is 216 g/mol. The molecule has 0 saturated heterocycles. The average molecular weight is 226 g/mol. The van der Waals surface area contributed by atoms with Crippen molar-refractivity contribution in [1.82, 2.24) is 0 Å². The summed E-state index contributed by atoms with van der Waals surface area (Å²) in [6.45, 7) is 0. The van der Waals surface area contributed by atoms with Crippen molar-refractivity contribution in [2.75, 3.05) is 5.75 Å². The number of fused-ring (bicyclic) bond motifs is 1. The van der Waals surface area contributed by atoms with Crippen molar-refractivity contribution in [3.63, 3.8) is 0 Å². The molecule has 5 heteroatoms. The second-order valence-electron chi connectivity index (χ2n) is 3.61. The van der Waals surface area contributed by atoms with E-state index in [9.17, 15) is 13.2 Å². The van der Waals surface area contributed by atoms with Crippen LogP contribution >= 0.6 is 0 Å². The summed E-state index contributed by atoms with van der Waals surface area (Å²) < 4.78 is 23.3. The zero-order chi connectivity index (χ0) is 11.1. The molecule has 0 amide bonds. The van der Waals surface area contributed by atoms with Crippen LogP contribution in [0, 0.1) is 0 Å². The fraction of sp³-hybridized carbons (Fsp3) is 0.300. The van der Waals surface area contributed by atoms with Crippen molar-refractivity contribution in [3.05, 3.63) is 29.8 Å². The van der Waals surface area contributed by atoms with Crippen LogP contribution in [-0.2, 0) is 14.6 Å². The number of carbonyl (C=O) groups is 1. The van der Waals surface area contributed by atoms with E-state index in [4.69, 9.17) is 5.11 Å². The second kappa shape index (κ2) is 3.34. The molecule has 0 saturated carbocycles. The molecule has 1 atom stereocenters. The molecule has 2 rings (SSSR count). The third kappa shape index (κ3) is 1.74. The van der Waals surface area contributed by atoms with Gasteiger partial charge in [-0.1, -0.05) is 18.2 Å². The highest BCUT2D eigenvalue weighted by Gasteiger charge is 2.35. The highest BCUT2D eigenvalue weighted by molar-refractivity contribution is 7.91. The van der Waals surface area contributed by atoms with Crippen LogP contribution in [0.2, 0.25) is 0 Å². The number of rotatable bonds is 2. The maximum absolute atomic E-state index is 11.7. The van der Waals surface area contributed by atoms with Gasteiger partial charge in [-0.2, -0.15) is 0 Å². The van der Waals surface area contributed by atoms with E-state index < -0.39 is 21.7 Å². The normalized spacial score (nSPS) is 22.3. The molecule has 1 aliphatic heterocycles. The molecule has 0 aliphatic carbocycles. The van der Waals surface area contributed by atoms with Crippen molar-refractivity contribution in [1.29, 1.82) is 0 Å². The van der Waals surface area contributed by atoms with Gasteiger partial charge in [0, 0.05) is 5.92 Å². The van der Waals surface area contributed by atoms with Gasteiger partial charge >= 0.3 is 5.97 Å². The van der Waals surface area contributed by atoms with E-state index in [1.807, 2.05) is 0 Å². The van der Waals surface area contributed by atoms with Gasteiger partial charge < -0.3 is 5.11 Å². The third-order valence-corrected chi connectivity index (χ3v) is 4.42. The van der Waals surface area contributed by atoms with Crippen LogP contribution in [0.5, 0.6) is 0 Å². The van der Waals surface area contributed by atoms with Crippen molar-refractivity contribution in [2.24, 2.45) is 0 Å². The minimum Gasteiger partial charge on any atom is -0.481 e. The summed E-state index contributed by atoms with van der Waals surface area (Å²) in [5.74, 6) is -1.45. The molecule has 1 aromatic carbocycles. The van der Waals surface area contributed by atoms with Gasteiger partial charge in [-0.05, 0) is 11.6 Å². The number of hydrogen-bond acceptors (Lipinski definition) is 3. The Hall–Kier alpha value is -1.36. The third-order valence-electron chi connectivity index (χ3n) is 2.54. The van der Waals surface area contributed by atoms with Crippen LogP contribution < -0.4 is 0 Å². The minimum atomic E-state index is -3.26. The lowest BCUT2D eigenvalue weighted by atomic mass is 9.98. The number of sulfone groups is 1. The molecule has 1 heterocycles. The fourth-order valence-electron chi connectivity index (χ4n) is 1.93. The smallest absolute Gasteiger partial charge is 0.303 e. The molecule has 0 unspecified atom stereocenters.